The largest absolute Gasteiger partial charge is 2.00 e. The van der Waals surface area contributed by atoms with Gasteiger partial charge in [-0.2, -0.15) is 6.92 Å². The van der Waals surface area contributed by atoms with Crippen LogP contribution in [0.25, 0.3) is 0 Å². The summed E-state index contributed by atoms with van der Waals surface area (Å²) in [6.45, 7) is 5.00. The Morgan fingerprint density at radius 2 is 1.33 bits per heavy atom. The van der Waals surface area contributed by atoms with Crippen LogP contribution in [0.15, 0.2) is 0 Å². The topological polar surface area (TPSA) is 34.1 Å². The normalized spacial score (nSPS) is 3.56. The summed E-state index contributed by atoms with van der Waals surface area (Å²) in [7, 11) is 0. The quantitative estimate of drug-likeness (QED) is 0.453. The third kappa shape index (κ3) is 196. The van der Waals surface area contributed by atoms with Crippen LogP contribution in [-0.2, 0) is 25.7 Å². The average molecular weight is 408 g/mol. The minimum Gasteiger partial charge on any atom is 2.00 e. The molecule has 0 spiro atoms. The van der Waals surface area contributed by atoms with Crippen LogP contribution in [0.4, 0.5) is 0 Å². The molecule has 0 fully saturated rings. The summed E-state index contributed by atoms with van der Waals surface area (Å²) < 4.78 is 17.0. The van der Waals surface area contributed by atoms with Crippen LogP contribution >= 0.6 is 11.8 Å². The summed E-state index contributed by atoms with van der Waals surface area (Å²) in [6.07, 6.45) is 5.33. The van der Waals surface area contributed by atoms with Crippen molar-refractivity contribution in [1.29, 1.82) is 0 Å². The standard InChI is InChI=1S/C2H5S.C2H5.2O.Ti.U/c1-3-2;1-2;;;;/h1H2,2H3;1H2,2H3;;;;/q2*-1;;;;+2. The molecule has 0 bridgehead atoms. The first-order valence-corrected chi connectivity index (χ1v) is 4.48. The average Bonchev–Trinajstić information content (AvgIpc) is 1.75. The molecule has 0 amide bonds. The summed E-state index contributed by atoms with van der Waals surface area (Å²) in [4.78, 5) is 0. The van der Waals surface area contributed by atoms with Crippen molar-refractivity contribution in [3.63, 3.8) is 0 Å². The van der Waals surface area contributed by atoms with E-state index in [2.05, 4.69) is 13.2 Å². The molecular weight excluding hydrogens is 398 g/mol. The molecule has 5 heteroatoms. The van der Waals surface area contributed by atoms with E-state index in [0.717, 1.165) is 0 Å². The summed E-state index contributed by atoms with van der Waals surface area (Å²) >= 11 is -0.500. The summed E-state index contributed by atoms with van der Waals surface area (Å²) in [5.41, 5.74) is 0. The molecule has 0 unspecified atom stereocenters. The van der Waals surface area contributed by atoms with E-state index in [0.29, 0.717) is 0 Å². The Morgan fingerprint density at radius 3 is 1.33 bits per heavy atom. The SMILES string of the molecule is [CH2-]C.[CH2-]SC.[O]=[Ti]=[O].[U+2]. The second-order valence-electron chi connectivity index (χ2n) is 0.372. The minimum atomic E-state index is -2.00. The first kappa shape index (κ1) is 22.4. The fraction of sp³-hybridized carbons (Fsp3) is 0.500. The van der Waals surface area contributed by atoms with Gasteiger partial charge in [0.25, 0.3) is 0 Å². The predicted octanol–water partition coefficient (Wildman–Crippen LogP) is 1.74. The Balaban J connectivity index is -0.0000000202. The molecule has 0 heterocycles. The van der Waals surface area contributed by atoms with Crippen LogP contribution in [-0.4, -0.2) is 6.26 Å². The molecule has 0 aromatic carbocycles. The van der Waals surface area contributed by atoms with Crippen LogP contribution in [0.5, 0.6) is 0 Å². The molecule has 0 saturated heterocycles. The second kappa shape index (κ2) is 53.5. The Hall–Kier alpha value is 1.72. The number of hydrogen-bond acceptors (Lipinski definition) is 3. The van der Waals surface area contributed by atoms with Gasteiger partial charge in [-0.05, 0) is 6.26 Å². The predicted molar refractivity (Wildman–Crippen MR) is 31.3 cm³/mol. The van der Waals surface area contributed by atoms with E-state index in [9.17, 15) is 0 Å². The maximum absolute atomic E-state index is 8.50. The van der Waals surface area contributed by atoms with Gasteiger partial charge in [-0.15, -0.1) is 0 Å². The molecule has 0 saturated carbocycles. The van der Waals surface area contributed by atoms with Crippen molar-refractivity contribution in [1.82, 2.24) is 0 Å². The maximum Gasteiger partial charge on any atom is 2.00 e. The van der Waals surface area contributed by atoms with Gasteiger partial charge in [-0.25, -0.2) is 0 Å². The van der Waals surface area contributed by atoms with E-state index in [-0.39, 0.29) is 31.1 Å². The molecule has 0 radical (unpaired) electrons. The van der Waals surface area contributed by atoms with Crippen molar-refractivity contribution in [2.45, 2.75) is 6.92 Å². The van der Waals surface area contributed by atoms with E-state index in [4.69, 9.17) is 6.65 Å². The number of thioether (sulfide) groups is 1. The molecule has 0 N–H and O–H groups in total. The fourth-order valence-corrected chi connectivity index (χ4v) is 0. The summed E-state index contributed by atoms with van der Waals surface area (Å²) in [6, 6.07) is 0. The second-order valence-corrected chi connectivity index (χ2v) is 1.21. The zero-order valence-corrected chi connectivity index (χ0v) is 12.2. The van der Waals surface area contributed by atoms with Gasteiger partial charge in [0.1, 0.15) is 0 Å². The van der Waals surface area contributed by atoms with E-state index in [1.807, 2.05) is 6.26 Å². The summed E-state index contributed by atoms with van der Waals surface area (Å²) in [5, 5.41) is 0. The Kier molecular flexibility index (Phi) is 133. The molecule has 0 aliphatic heterocycles. The molecule has 0 aliphatic rings. The minimum absolute atomic E-state index is 0. The zero-order valence-electron chi connectivity index (χ0n) is 5.64. The maximum atomic E-state index is 8.50. The smallest absolute Gasteiger partial charge is 2.00 e. The Morgan fingerprint density at radius 1 is 1.33 bits per heavy atom. The molecular formula is C4H10O2STiU. The van der Waals surface area contributed by atoms with Crippen molar-refractivity contribution in [3.8, 4) is 0 Å². The van der Waals surface area contributed by atoms with Crippen molar-refractivity contribution >= 4 is 11.8 Å². The first-order chi connectivity index (χ1) is 3.83. The van der Waals surface area contributed by atoms with Gasteiger partial charge in [0.2, 0.25) is 0 Å². The number of rotatable bonds is 0. The van der Waals surface area contributed by atoms with Crippen LogP contribution in [0.1, 0.15) is 6.92 Å². The molecule has 0 aromatic rings. The molecule has 0 rings (SSSR count). The molecule has 0 aromatic heterocycles. The van der Waals surface area contributed by atoms with Gasteiger partial charge in [0, 0.05) is 0 Å². The molecule has 52 valence electrons. The monoisotopic (exact) mass is 408 g/mol. The van der Waals surface area contributed by atoms with Gasteiger partial charge >= 0.3 is 56.9 Å². The van der Waals surface area contributed by atoms with Gasteiger partial charge in [-0.1, -0.05) is 0 Å². The van der Waals surface area contributed by atoms with E-state index < -0.39 is 19.1 Å². The fourth-order valence-electron chi connectivity index (χ4n) is 0. The number of hydrogen-bond donors (Lipinski definition) is 0. The molecule has 0 aliphatic carbocycles. The van der Waals surface area contributed by atoms with Crippen molar-refractivity contribution in [2.75, 3.05) is 6.26 Å². The zero-order chi connectivity index (χ0) is 7.41. The van der Waals surface area contributed by atoms with E-state index in [1.165, 1.54) is 11.8 Å². The van der Waals surface area contributed by atoms with Crippen LogP contribution in [0.2, 0.25) is 0 Å². The van der Waals surface area contributed by atoms with Gasteiger partial charge < -0.3 is 18.7 Å². The van der Waals surface area contributed by atoms with E-state index >= 15 is 0 Å². The molecule has 9 heavy (non-hydrogen) atoms. The Bertz CT molecular complexity index is 47.8. The van der Waals surface area contributed by atoms with Crippen LogP contribution in [0.3, 0.4) is 0 Å². The van der Waals surface area contributed by atoms with Gasteiger partial charge in [-0.3, -0.25) is 6.26 Å². The molecule has 2 nitrogen and oxygen atoms in total. The first-order valence-electron chi connectivity index (χ1n) is 1.81. The van der Waals surface area contributed by atoms with E-state index in [1.54, 1.807) is 6.92 Å². The van der Waals surface area contributed by atoms with Gasteiger partial charge in [0.15, 0.2) is 0 Å². The third-order valence-electron chi connectivity index (χ3n) is 0. The van der Waals surface area contributed by atoms with Crippen LogP contribution < -0.4 is 0 Å². The van der Waals surface area contributed by atoms with Crippen LogP contribution in [0, 0.1) is 44.3 Å². The Labute approximate surface area is 93.9 Å². The van der Waals surface area contributed by atoms with Crippen molar-refractivity contribution < 1.29 is 56.9 Å². The van der Waals surface area contributed by atoms with Gasteiger partial charge in [0.05, 0.1) is 0 Å². The molecule has 0 atom stereocenters. The van der Waals surface area contributed by atoms with Crippen molar-refractivity contribution in [3.05, 3.63) is 13.2 Å². The summed E-state index contributed by atoms with van der Waals surface area (Å²) in [5.74, 6) is 0. The third-order valence-corrected chi connectivity index (χ3v) is 0. The van der Waals surface area contributed by atoms with Crippen molar-refractivity contribution in [2.24, 2.45) is 0 Å².